The van der Waals surface area contributed by atoms with E-state index in [-0.39, 0.29) is 41.2 Å². The number of hydrogen-bond acceptors (Lipinski definition) is 18. The molecule has 1 aromatic heterocycles. The largest absolute Gasteiger partial charge is 0.494 e. The highest BCUT2D eigenvalue weighted by Gasteiger charge is 2.34. The standard InChI is InChI=1S/C58H59N3O11S.C10H18O3/c1-3-53(62)68-36-12-5-4-11-35-67-46-29-31-48(32-30-46)70-55(64)40-19-21-42(22-20-40)56(65)71-49-33-34-51(72-57(66)43-25-23-41(24-26-43)54(63)69-47-27-17-39(2)18-28-47)44(37-49)38-59-61(45-13-7-6-8-14-45)58-60-50-15-9-10-16-52(50)73-58;1-3-10(11)13-9-7-5-4-6-8-12-2/h3,6-10,13-18,27-34,37-38,40-43H,1,4-5,11-12,19-26,35-36H2,2H3;3H,1,4-9H2,2H3/b59-38+;. The second kappa shape index (κ2) is 35.1. The van der Waals surface area contributed by atoms with Crippen LogP contribution in [0.2, 0.25) is 0 Å². The summed E-state index contributed by atoms with van der Waals surface area (Å²) in [5, 5.41) is 7.22. The van der Waals surface area contributed by atoms with Crippen molar-refractivity contribution in [2.75, 3.05) is 38.5 Å². The summed E-state index contributed by atoms with van der Waals surface area (Å²) in [6.07, 6.45) is 15.3. The average Bonchev–Trinajstić information content (AvgIpc) is 4.22. The smallest absolute Gasteiger partial charge is 0.330 e. The van der Waals surface area contributed by atoms with Crippen LogP contribution in [0.1, 0.15) is 114 Å². The summed E-state index contributed by atoms with van der Waals surface area (Å²) in [6.45, 7) is 10.9. The number of aryl methyl sites for hydroxylation is 1. The molecule has 0 spiro atoms. The lowest BCUT2D eigenvalue weighted by molar-refractivity contribution is -0.145. The maximum absolute atomic E-state index is 13.8. The SMILES string of the molecule is C=CC(=O)OCCCCCCOC.C=CC(=O)OCCCCCCOc1ccc(OC(=O)C2CCC(C(=O)Oc3ccc(OC(=O)C4CCC(C(=O)Oc5ccc(C)cc5)CC4)c(/C=N/N(c4ccccc4)c4nc5ccccc5s4)c3)CC2)cc1. The molecule has 0 atom stereocenters. The van der Waals surface area contributed by atoms with Gasteiger partial charge >= 0.3 is 35.8 Å². The molecule has 2 saturated carbocycles. The summed E-state index contributed by atoms with van der Waals surface area (Å²) in [6, 6.07) is 36.5. The Bertz CT molecular complexity index is 3150. The van der Waals surface area contributed by atoms with E-state index < -0.39 is 29.7 Å². The van der Waals surface area contributed by atoms with Crippen molar-refractivity contribution in [3.05, 3.63) is 158 Å². The van der Waals surface area contributed by atoms with Gasteiger partial charge in [-0.2, -0.15) is 5.10 Å². The molecule has 454 valence electrons. The van der Waals surface area contributed by atoms with Gasteiger partial charge in [0.25, 0.3) is 0 Å². The van der Waals surface area contributed by atoms with E-state index in [4.69, 9.17) is 48.0 Å². The molecule has 2 aliphatic rings. The molecule has 0 saturated heterocycles. The van der Waals surface area contributed by atoms with Gasteiger partial charge in [-0.1, -0.05) is 78.9 Å². The van der Waals surface area contributed by atoms with Crippen LogP contribution in [-0.2, 0) is 43.0 Å². The molecule has 2 fully saturated rings. The number of thiazole rings is 1. The van der Waals surface area contributed by atoms with Crippen molar-refractivity contribution in [1.82, 2.24) is 4.98 Å². The van der Waals surface area contributed by atoms with Crippen molar-refractivity contribution in [1.29, 1.82) is 0 Å². The number of benzene rings is 5. The van der Waals surface area contributed by atoms with E-state index in [0.717, 1.165) is 85.5 Å². The second-order valence-corrected chi connectivity index (χ2v) is 22.0. The number of fused-ring (bicyclic) bond motifs is 1. The molecule has 86 heavy (non-hydrogen) atoms. The first kappa shape index (κ1) is 65.1. The predicted molar refractivity (Wildman–Crippen MR) is 330 cm³/mol. The first-order valence-corrected chi connectivity index (χ1v) is 30.3. The highest BCUT2D eigenvalue weighted by Crippen LogP contribution is 2.37. The number of aromatic nitrogens is 1. The molecule has 0 radical (unpaired) electrons. The van der Waals surface area contributed by atoms with Gasteiger partial charge in [0, 0.05) is 31.4 Å². The maximum Gasteiger partial charge on any atom is 0.330 e. The molecule has 18 heteroatoms. The van der Waals surface area contributed by atoms with Gasteiger partial charge in [-0.15, -0.1) is 0 Å². The Morgan fingerprint density at radius 2 is 0.988 bits per heavy atom. The van der Waals surface area contributed by atoms with Gasteiger partial charge < -0.3 is 37.9 Å². The summed E-state index contributed by atoms with van der Waals surface area (Å²) < 4.78 is 45.0. The van der Waals surface area contributed by atoms with Gasteiger partial charge in [0.1, 0.15) is 28.7 Å². The van der Waals surface area contributed by atoms with Crippen molar-refractivity contribution in [3.63, 3.8) is 0 Å². The van der Waals surface area contributed by atoms with Gasteiger partial charge in [-0.3, -0.25) is 19.2 Å². The number of esters is 6. The van der Waals surface area contributed by atoms with Crippen LogP contribution in [-0.4, -0.2) is 80.6 Å². The molecule has 0 bridgehead atoms. The third-order valence-corrected chi connectivity index (χ3v) is 15.6. The zero-order valence-corrected chi connectivity index (χ0v) is 49.9. The molecule has 1 heterocycles. The number of nitrogens with zero attached hydrogens (tertiary/aromatic N) is 3. The molecule has 0 unspecified atom stereocenters. The van der Waals surface area contributed by atoms with Crippen LogP contribution in [0.25, 0.3) is 10.2 Å². The van der Waals surface area contributed by atoms with E-state index in [0.29, 0.717) is 99.1 Å². The van der Waals surface area contributed by atoms with E-state index in [9.17, 15) is 28.8 Å². The Morgan fingerprint density at radius 1 is 0.535 bits per heavy atom. The Morgan fingerprint density at radius 3 is 1.51 bits per heavy atom. The second-order valence-electron chi connectivity index (χ2n) is 21.0. The fraction of sp³-hybridized carbons (Fsp3) is 0.382. The monoisotopic (exact) mass is 1190 g/mol. The summed E-state index contributed by atoms with van der Waals surface area (Å²) in [7, 11) is 1.70. The van der Waals surface area contributed by atoms with Gasteiger partial charge in [-0.05, 0) is 182 Å². The molecule has 6 aromatic rings. The molecule has 0 aliphatic heterocycles. The van der Waals surface area contributed by atoms with E-state index in [2.05, 4.69) is 13.2 Å². The van der Waals surface area contributed by atoms with Crippen LogP contribution in [0.3, 0.4) is 0 Å². The number of hydrogen-bond donors (Lipinski definition) is 0. The van der Waals surface area contributed by atoms with Crippen LogP contribution < -0.4 is 28.7 Å². The van der Waals surface area contributed by atoms with Gasteiger partial charge in [-0.25, -0.2) is 19.6 Å². The quantitative estimate of drug-likeness (QED) is 0.0107. The van der Waals surface area contributed by atoms with E-state index in [1.807, 2.05) is 73.7 Å². The van der Waals surface area contributed by atoms with Crippen molar-refractivity contribution in [3.8, 4) is 28.7 Å². The number of rotatable bonds is 29. The van der Waals surface area contributed by atoms with E-state index in [1.165, 1.54) is 17.4 Å². The number of anilines is 2. The van der Waals surface area contributed by atoms with Crippen molar-refractivity contribution in [2.24, 2.45) is 28.8 Å². The zero-order valence-electron chi connectivity index (χ0n) is 49.1. The van der Waals surface area contributed by atoms with Gasteiger partial charge in [0.2, 0.25) is 5.13 Å². The van der Waals surface area contributed by atoms with E-state index >= 15 is 0 Å². The Kier molecular flexibility index (Phi) is 26.6. The zero-order chi connectivity index (χ0) is 60.9. The minimum absolute atomic E-state index is 0.224. The molecular weight excluding hydrogens is 1110 g/mol. The lowest BCUT2D eigenvalue weighted by Gasteiger charge is -2.26. The molecular formula is C68H77N3O14S. The van der Waals surface area contributed by atoms with Crippen LogP contribution in [0, 0.1) is 30.6 Å². The van der Waals surface area contributed by atoms with Crippen LogP contribution >= 0.6 is 11.3 Å². The molecule has 8 rings (SSSR count). The Hall–Kier alpha value is -8.48. The predicted octanol–water partition coefficient (Wildman–Crippen LogP) is 14.0. The third-order valence-electron chi connectivity index (χ3n) is 14.6. The first-order chi connectivity index (χ1) is 41.9. The number of para-hydroxylation sites is 2. The lowest BCUT2D eigenvalue weighted by Crippen LogP contribution is -2.30. The third kappa shape index (κ3) is 21.2. The normalized spacial score (nSPS) is 16.3. The van der Waals surface area contributed by atoms with E-state index in [1.54, 1.807) is 72.9 Å². The van der Waals surface area contributed by atoms with Crippen molar-refractivity contribution in [2.45, 2.75) is 110 Å². The molecule has 17 nitrogen and oxygen atoms in total. The summed E-state index contributed by atoms with van der Waals surface area (Å²) >= 11 is 1.48. The number of methoxy groups -OCH3 is 1. The Labute approximate surface area is 507 Å². The minimum atomic E-state index is -0.443. The molecule has 0 N–H and O–H groups in total. The van der Waals surface area contributed by atoms with Crippen molar-refractivity contribution < 1.29 is 66.7 Å². The average molecular weight is 1190 g/mol. The highest BCUT2D eigenvalue weighted by molar-refractivity contribution is 7.22. The number of unbranched alkanes of at least 4 members (excludes halogenated alkanes) is 6. The topological polar surface area (TPSA) is 205 Å². The van der Waals surface area contributed by atoms with Gasteiger partial charge in [0.05, 0.1) is 65.6 Å². The molecule has 0 amide bonds. The summed E-state index contributed by atoms with van der Waals surface area (Å²) in [4.78, 5) is 80.3. The van der Waals surface area contributed by atoms with Crippen LogP contribution in [0.4, 0.5) is 10.8 Å². The minimum Gasteiger partial charge on any atom is -0.494 e. The maximum atomic E-state index is 13.8. The highest BCUT2D eigenvalue weighted by atomic mass is 32.1. The fourth-order valence-corrected chi connectivity index (χ4v) is 10.6. The summed E-state index contributed by atoms with van der Waals surface area (Å²) in [5.74, 6) is -1.81. The summed E-state index contributed by atoms with van der Waals surface area (Å²) in [5.41, 5.74) is 3.03. The number of carbonyl (C=O) groups excluding carboxylic acids is 6. The Balaban J connectivity index is 0.000000727. The number of hydrazone groups is 1. The first-order valence-electron chi connectivity index (χ1n) is 29.5. The van der Waals surface area contributed by atoms with Crippen LogP contribution in [0.5, 0.6) is 28.7 Å². The molecule has 5 aromatic carbocycles. The fourth-order valence-electron chi connectivity index (χ4n) is 9.69. The number of carbonyl (C=O) groups is 6. The molecule has 2 aliphatic carbocycles. The number of ether oxygens (including phenoxy) is 8. The van der Waals surface area contributed by atoms with Crippen LogP contribution in [0.15, 0.2) is 152 Å². The van der Waals surface area contributed by atoms with Crippen molar-refractivity contribution >= 4 is 74.4 Å². The van der Waals surface area contributed by atoms with Gasteiger partial charge in [0.15, 0.2) is 0 Å². The lowest BCUT2D eigenvalue weighted by atomic mass is 9.82.